The van der Waals surface area contributed by atoms with Crippen molar-refractivity contribution in [1.29, 1.82) is 0 Å². The number of nitrogens with one attached hydrogen (secondary N) is 2. The number of anilines is 3. The molecule has 1 amide bonds. The number of hydrogen-bond acceptors (Lipinski definition) is 10. The molecule has 246 valence electrons. The fourth-order valence-corrected chi connectivity index (χ4v) is 6.26. The molecule has 3 aromatic heterocycles. The lowest BCUT2D eigenvalue weighted by molar-refractivity contribution is -0.122. The molecular formula is C35H43N9O3. The Morgan fingerprint density at radius 1 is 1.09 bits per heavy atom. The van der Waals surface area contributed by atoms with E-state index in [0.717, 1.165) is 67.1 Å². The number of methoxy groups -OCH3 is 1. The first-order valence-corrected chi connectivity index (χ1v) is 16.2. The van der Waals surface area contributed by atoms with Crippen molar-refractivity contribution < 1.29 is 14.3 Å². The Morgan fingerprint density at radius 2 is 1.89 bits per heavy atom. The molecule has 1 aliphatic heterocycles. The molecule has 0 spiro atoms. The standard InChI is InChI=1S/C35H43N9O3/c1-5-30(44-17-15-43(16-18-44)19-20-47-23-25-9-7-6-8-10-25)33(45)40-32-28-12-11-27(26(28)13-14-36-32)31-24(2)21-37-35(39-31)38-29-22-42(3)41-34(29)46-4/h6-11,13-14,21-22,30H,5,12,15-20,23H2,1-4H3,(H,36,40,45)(H,37,38,39). The van der Waals surface area contributed by atoms with Gasteiger partial charge >= 0.3 is 0 Å². The van der Waals surface area contributed by atoms with E-state index in [2.05, 4.69) is 60.6 Å². The Kier molecular flexibility index (Phi) is 10.2. The molecule has 12 heteroatoms. The largest absolute Gasteiger partial charge is 0.478 e. The second-order valence-electron chi connectivity index (χ2n) is 11.9. The first kappa shape index (κ1) is 32.3. The van der Waals surface area contributed by atoms with Crippen molar-refractivity contribution in [2.75, 3.05) is 57.1 Å². The molecule has 6 rings (SSSR count). The van der Waals surface area contributed by atoms with Crippen molar-refractivity contribution in [2.45, 2.75) is 39.3 Å². The highest BCUT2D eigenvalue weighted by Crippen LogP contribution is 2.36. The molecule has 2 N–H and O–H groups in total. The number of nitrogens with zero attached hydrogens (tertiary/aromatic N) is 7. The maximum absolute atomic E-state index is 13.7. The van der Waals surface area contributed by atoms with E-state index in [0.29, 0.717) is 43.0 Å². The van der Waals surface area contributed by atoms with Crippen LogP contribution in [0.3, 0.4) is 0 Å². The monoisotopic (exact) mass is 637 g/mol. The van der Waals surface area contributed by atoms with Crippen molar-refractivity contribution in [2.24, 2.45) is 7.05 Å². The highest BCUT2D eigenvalue weighted by molar-refractivity contribution is 5.96. The predicted molar refractivity (Wildman–Crippen MR) is 182 cm³/mol. The van der Waals surface area contributed by atoms with Gasteiger partial charge in [-0.25, -0.2) is 15.0 Å². The summed E-state index contributed by atoms with van der Waals surface area (Å²) in [4.78, 5) is 32.3. The van der Waals surface area contributed by atoms with Gasteiger partial charge in [-0.05, 0) is 42.5 Å². The van der Waals surface area contributed by atoms with Gasteiger partial charge in [0, 0.05) is 63.3 Å². The van der Waals surface area contributed by atoms with E-state index in [4.69, 9.17) is 14.5 Å². The molecule has 4 heterocycles. The van der Waals surface area contributed by atoms with Gasteiger partial charge in [-0.15, -0.1) is 5.10 Å². The average molecular weight is 638 g/mol. The summed E-state index contributed by atoms with van der Waals surface area (Å²) in [5.41, 5.74) is 6.64. The number of pyridine rings is 1. The molecule has 0 bridgehead atoms. The van der Waals surface area contributed by atoms with E-state index in [9.17, 15) is 4.79 Å². The number of piperazine rings is 1. The number of amides is 1. The van der Waals surface area contributed by atoms with Crippen LogP contribution in [-0.2, 0) is 29.6 Å². The summed E-state index contributed by atoms with van der Waals surface area (Å²) in [5.74, 6) is 1.50. The number of aromatic nitrogens is 5. The quantitative estimate of drug-likeness (QED) is 0.206. The zero-order valence-corrected chi connectivity index (χ0v) is 27.6. The third-order valence-electron chi connectivity index (χ3n) is 8.76. The second kappa shape index (κ2) is 14.8. The van der Waals surface area contributed by atoms with E-state index >= 15 is 0 Å². The molecule has 47 heavy (non-hydrogen) atoms. The smallest absolute Gasteiger partial charge is 0.256 e. The van der Waals surface area contributed by atoms with Crippen LogP contribution in [-0.4, -0.2) is 92.9 Å². The number of aryl methyl sites for hydroxylation is 2. The first-order valence-electron chi connectivity index (χ1n) is 16.2. The Labute approximate surface area is 275 Å². The topological polar surface area (TPSA) is 123 Å². The number of carbonyl (C=O) groups is 1. The summed E-state index contributed by atoms with van der Waals surface area (Å²) in [6.07, 6.45) is 8.90. The van der Waals surface area contributed by atoms with Crippen LogP contribution in [0.2, 0.25) is 0 Å². The number of allylic oxidation sites excluding steroid dienone is 1. The van der Waals surface area contributed by atoms with Gasteiger partial charge in [0.15, 0.2) is 0 Å². The molecule has 1 aromatic carbocycles. The maximum Gasteiger partial charge on any atom is 0.256 e. The number of hydrogen-bond donors (Lipinski definition) is 2. The number of carbonyl (C=O) groups excluding carboxylic acids is 1. The van der Waals surface area contributed by atoms with Crippen molar-refractivity contribution >= 4 is 28.9 Å². The van der Waals surface area contributed by atoms with Crippen LogP contribution in [0.1, 0.15) is 41.3 Å². The lowest BCUT2D eigenvalue weighted by Gasteiger charge is -2.38. The fraction of sp³-hybridized carbons (Fsp3) is 0.400. The van der Waals surface area contributed by atoms with Gasteiger partial charge in [-0.2, -0.15) is 0 Å². The minimum atomic E-state index is -0.222. The number of rotatable bonds is 13. The molecule has 1 saturated heterocycles. The molecule has 4 aromatic rings. The van der Waals surface area contributed by atoms with Crippen LogP contribution in [0.15, 0.2) is 61.1 Å². The summed E-state index contributed by atoms with van der Waals surface area (Å²) >= 11 is 0. The van der Waals surface area contributed by atoms with Crippen molar-refractivity contribution in [3.8, 4) is 5.88 Å². The van der Waals surface area contributed by atoms with Crippen LogP contribution in [0, 0.1) is 6.92 Å². The summed E-state index contributed by atoms with van der Waals surface area (Å²) in [7, 11) is 3.41. The first-order chi connectivity index (χ1) is 22.9. The van der Waals surface area contributed by atoms with E-state index in [1.54, 1.807) is 24.2 Å². The van der Waals surface area contributed by atoms with Gasteiger partial charge < -0.3 is 20.1 Å². The zero-order valence-electron chi connectivity index (χ0n) is 27.6. The summed E-state index contributed by atoms with van der Waals surface area (Å²) in [6.45, 7) is 9.78. The molecule has 1 fully saturated rings. The molecular weight excluding hydrogens is 594 g/mol. The Balaban J connectivity index is 1.06. The van der Waals surface area contributed by atoms with Crippen LogP contribution in [0.25, 0.3) is 5.57 Å². The van der Waals surface area contributed by atoms with Gasteiger partial charge in [-0.3, -0.25) is 19.3 Å². The normalized spacial score (nSPS) is 15.6. The van der Waals surface area contributed by atoms with E-state index < -0.39 is 0 Å². The molecule has 2 aliphatic rings. The van der Waals surface area contributed by atoms with Crippen molar-refractivity contribution in [3.63, 3.8) is 0 Å². The van der Waals surface area contributed by atoms with Crippen LogP contribution in [0.5, 0.6) is 5.88 Å². The average Bonchev–Trinajstić information content (AvgIpc) is 3.68. The third-order valence-corrected chi connectivity index (χ3v) is 8.76. The molecule has 0 radical (unpaired) electrons. The lowest BCUT2D eigenvalue weighted by Crippen LogP contribution is -2.54. The lowest BCUT2D eigenvalue weighted by atomic mass is 10.0. The summed E-state index contributed by atoms with van der Waals surface area (Å²) in [5, 5.41) is 10.7. The molecule has 1 atom stereocenters. The highest BCUT2D eigenvalue weighted by Gasteiger charge is 2.30. The van der Waals surface area contributed by atoms with E-state index in [-0.39, 0.29) is 11.9 Å². The van der Waals surface area contributed by atoms with Gasteiger partial charge in [-0.1, -0.05) is 43.3 Å². The van der Waals surface area contributed by atoms with Crippen molar-refractivity contribution in [3.05, 3.63) is 89.0 Å². The Morgan fingerprint density at radius 3 is 2.66 bits per heavy atom. The zero-order chi connectivity index (χ0) is 32.8. The van der Waals surface area contributed by atoms with E-state index in [1.165, 1.54) is 5.56 Å². The third kappa shape index (κ3) is 7.51. The van der Waals surface area contributed by atoms with Crippen LogP contribution < -0.4 is 15.4 Å². The van der Waals surface area contributed by atoms with Crippen molar-refractivity contribution in [1.82, 2.24) is 34.5 Å². The SMILES string of the molecule is CCC(C(=O)Nc1nccc2c1CC=C2c1nc(Nc2cn(C)nc2OC)ncc1C)N1CCN(CCOCc2ccccc2)CC1. The number of ether oxygens (including phenoxy) is 2. The number of benzene rings is 1. The van der Waals surface area contributed by atoms with Gasteiger partial charge in [0.1, 0.15) is 11.5 Å². The van der Waals surface area contributed by atoms with E-state index in [1.807, 2.05) is 44.4 Å². The predicted octanol–water partition coefficient (Wildman–Crippen LogP) is 4.21. The van der Waals surface area contributed by atoms with Gasteiger partial charge in [0.25, 0.3) is 5.88 Å². The Bertz CT molecular complexity index is 1710. The molecule has 1 unspecified atom stereocenters. The second-order valence-corrected chi connectivity index (χ2v) is 11.9. The summed E-state index contributed by atoms with van der Waals surface area (Å²) in [6, 6.07) is 12.0. The molecule has 0 saturated carbocycles. The minimum absolute atomic E-state index is 0.0170. The molecule has 1 aliphatic carbocycles. The van der Waals surface area contributed by atoms with Gasteiger partial charge in [0.05, 0.1) is 38.3 Å². The van der Waals surface area contributed by atoms with Crippen LogP contribution >= 0.6 is 0 Å². The minimum Gasteiger partial charge on any atom is -0.478 e. The number of fused-ring (bicyclic) bond motifs is 1. The summed E-state index contributed by atoms with van der Waals surface area (Å²) < 4.78 is 12.9. The van der Waals surface area contributed by atoms with Crippen LogP contribution in [0.4, 0.5) is 17.5 Å². The maximum atomic E-state index is 13.7. The Hall–Kier alpha value is -4.65. The van der Waals surface area contributed by atoms with Gasteiger partial charge in [0.2, 0.25) is 11.9 Å². The fourth-order valence-electron chi connectivity index (χ4n) is 6.26. The molecule has 12 nitrogen and oxygen atoms in total. The highest BCUT2D eigenvalue weighted by atomic mass is 16.5.